The van der Waals surface area contributed by atoms with Crippen LogP contribution < -0.4 is 10.6 Å². The van der Waals surface area contributed by atoms with E-state index < -0.39 is 11.6 Å². The molecule has 1 heterocycles. The molecule has 0 amide bonds. The Morgan fingerprint density at radius 1 is 1.25 bits per heavy atom. The second-order valence-electron chi connectivity index (χ2n) is 5.58. The third-order valence-corrected chi connectivity index (χ3v) is 4.05. The van der Waals surface area contributed by atoms with Crippen molar-refractivity contribution in [1.82, 2.24) is 0 Å². The predicted molar refractivity (Wildman–Crippen MR) is 79.0 cm³/mol. The minimum absolute atomic E-state index is 0.156. The summed E-state index contributed by atoms with van der Waals surface area (Å²) >= 11 is 0. The predicted octanol–water partition coefficient (Wildman–Crippen LogP) is 3.63. The van der Waals surface area contributed by atoms with Crippen LogP contribution >= 0.6 is 0 Å². The van der Waals surface area contributed by atoms with Crippen molar-refractivity contribution in [2.24, 2.45) is 5.73 Å². The molecule has 0 radical (unpaired) electrons. The lowest BCUT2D eigenvalue weighted by molar-refractivity contribution is 0.421. The number of nitrogens with zero attached hydrogens (tertiary/aromatic N) is 1. The molecule has 1 aromatic carbocycles. The van der Waals surface area contributed by atoms with E-state index in [1.54, 1.807) is 0 Å². The first kappa shape index (κ1) is 15.2. The first-order chi connectivity index (χ1) is 9.67. The molecule has 1 saturated heterocycles. The molecule has 1 aromatic rings. The normalized spacial score (nSPS) is 19.4. The Morgan fingerprint density at radius 2 is 1.95 bits per heavy atom. The number of rotatable bonds is 5. The summed E-state index contributed by atoms with van der Waals surface area (Å²) < 4.78 is 28.6. The van der Waals surface area contributed by atoms with Crippen LogP contribution in [0.15, 0.2) is 12.1 Å². The van der Waals surface area contributed by atoms with Gasteiger partial charge in [0.2, 0.25) is 0 Å². The molecule has 2 N–H and O–H groups in total. The van der Waals surface area contributed by atoms with Gasteiger partial charge in [-0.3, -0.25) is 0 Å². The van der Waals surface area contributed by atoms with Crippen molar-refractivity contribution in [1.29, 1.82) is 0 Å². The molecule has 0 aromatic heterocycles. The van der Waals surface area contributed by atoms with Crippen LogP contribution in [0.4, 0.5) is 14.5 Å². The Hall–Kier alpha value is -1.16. The molecule has 1 atom stereocenters. The van der Waals surface area contributed by atoms with Crippen molar-refractivity contribution in [3.05, 3.63) is 29.3 Å². The largest absolute Gasteiger partial charge is 0.364 e. The van der Waals surface area contributed by atoms with E-state index in [2.05, 4.69) is 6.92 Å². The highest BCUT2D eigenvalue weighted by molar-refractivity contribution is 5.52. The molecular weight excluding hydrogens is 258 g/mol. The van der Waals surface area contributed by atoms with E-state index in [0.29, 0.717) is 18.5 Å². The summed E-state index contributed by atoms with van der Waals surface area (Å²) in [7, 11) is 0. The van der Waals surface area contributed by atoms with E-state index >= 15 is 0 Å². The molecule has 0 saturated carbocycles. The van der Waals surface area contributed by atoms with Gasteiger partial charge in [0.1, 0.15) is 17.3 Å². The molecule has 2 nitrogen and oxygen atoms in total. The third kappa shape index (κ3) is 3.29. The average Bonchev–Trinajstić information content (AvgIpc) is 2.40. The zero-order valence-corrected chi connectivity index (χ0v) is 12.2. The fraction of sp³-hybridized carbons (Fsp3) is 0.625. The highest BCUT2D eigenvalue weighted by atomic mass is 19.1. The molecule has 112 valence electrons. The summed E-state index contributed by atoms with van der Waals surface area (Å²) in [4.78, 5) is 1.93. The number of hydrogen-bond acceptors (Lipinski definition) is 2. The van der Waals surface area contributed by atoms with Crippen molar-refractivity contribution in [3.63, 3.8) is 0 Å². The lowest BCUT2D eigenvalue weighted by Gasteiger charge is -2.38. The van der Waals surface area contributed by atoms with E-state index in [-0.39, 0.29) is 11.7 Å². The van der Waals surface area contributed by atoms with Crippen molar-refractivity contribution in [2.45, 2.75) is 51.5 Å². The minimum atomic E-state index is -0.448. The molecule has 1 aliphatic rings. The second kappa shape index (κ2) is 7.02. The summed E-state index contributed by atoms with van der Waals surface area (Å²) in [6, 6.07) is 3.13. The number of hydrogen-bond donors (Lipinski definition) is 1. The van der Waals surface area contributed by atoms with Gasteiger partial charge in [0.25, 0.3) is 0 Å². The smallest absolute Gasteiger partial charge is 0.149 e. The van der Waals surface area contributed by atoms with E-state index in [1.807, 2.05) is 4.90 Å². The first-order valence-electron chi connectivity index (χ1n) is 7.62. The average molecular weight is 282 g/mol. The quantitative estimate of drug-likeness (QED) is 0.893. The molecule has 0 spiro atoms. The van der Waals surface area contributed by atoms with E-state index in [1.165, 1.54) is 12.1 Å². The lowest BCUT2D eigenvalue weighted by Crippen LogP contribution is -2.40. The Balaban J connectivity index is 2.30. The summed E-state index contributed by atoms with van der Waals surface area (Å²) in [6.45, 7) is 3.26. The number of halogens is 2. The fourth-order valence-electron chi connectivity index (χ4n) is 3.13. The van der Waals surface area contributed by atoms with Crippen molar-refractivity contribution in [3.8, 4) is 0 Å². The SMILES string of the molecule is CCCC1CCCCN1c1c(F)cc(CCN)cc1F. The molecule has 1 fully saturated rings. The Morgan fingerprint density at radius 3 is 2.55 bits per heavy atom. The van der Waals surface area contributed by atoms with Crippen LogP contribution in [-0.4, -0.2) is 19.1 Å². The van der Waals surface area contributed by atoms with Gasteiger partial charge in [0, 0.05) is 12.6 Å². The van der Waals surface area contributed by atoms with Gasteiger partial charge in [-0.05, 0) is 56.3 Å². The van der Waals surface area contributed by atoms with E-state index in [4.69, 9.17) is 5.73 Å². The van der Waals surface area contributed by atoms with E-state index in [9.17, 15) is 8.78 Å². The van der Waals surface area contributed by atoms with Crippen LogP contribution in [0.2, 0.25) is 0 Å². The number of piperidine rings is 1. The topological polar surface area (TPSA) is 29.3 Å². The maximum absolute atomic E-state index is 14.3. The Bertz CT molecular complexity index is 423. The molecule has 1 unspecified atom stereocenters. The van der Waals surface area contributed by atoms with Crippen LogP contribution in [0.3, 0.4) is 0 Å². The summed E-state index contributed by atoms with van der Waals surface area (Å²) in [5.41, 5.74) is 6.24. The third-order valence-electron chi connectivity index (χ3n) is 4.05. The zero-order chi connectivity index (χ0) is 14.5. The van der Waals surface area contributed by atoms with Gasteiger partial charge < -0.3 is 10.6 Å². The number of anilines is 1. The van der Waals surface area contributed by atoms with Gasteiger partial charge in [0.05, 0.1) is 0 Å². The van der Waals surface area contributed by atoms with Crippen LogP contribution in [0, 0.1) is 11.6 Å². The van der Waals surface area contributed by atoms with Crippen LogP contribution in [0.5, 0.6) is 0 Å². The van der Waals surface area contributed by atoms with Crippen LogP contribution in [0.25, 0.3) is 0 Å². The molecule has 2 rings (SSSR count). The van der Waals surface area contributed by atoms with Gasteiger partial charge in [-0.25, -0.2) is 8.78 Å². The van der Waals surface area contributed by atoms with Crippen molar-refractivity contribution >= 4 is 5.69 Å². The molecule has 0 bridgehead atoms. The van der Waals surface area contributed by atoms with E-state index in [0.717, 1.165) is 38.6 Å². The minimum Gasteiger partial charge on any atom is -0.364 e. The maximum Gasteiger partial charge on any atom is 0.149 e. The fourth-order valence-corrected chi connectivity index (χ4v) is 3.13. The van der Waals surface area contributed by atoms with Crippen LogP contribution in [0.1, 0.15) is 44.6 Å². The summed E-state index contributed by atoms with van der Waals surface area (Å²) in [6.07, 6.45) is 5.71. The second-order valence-corrected chi connectivity index (χ2v) is 5.58. The Kier molecular flexibility index (Phi) is 5.35. The van der Waals surface area contributed by atoms with Gasteiger partial charge in [-0.15, -0.1) is 0 Å². The molecule has 20 heavy (non-hydrogen) atoms. The lowest BCUT2D eigenvalue weighted by atomic mass is 9.97. The van der Waals surface area contributed by atoms with Gasteiger partial charge in [-0.1, -0.05) is 13.3 Å². The molecule has 1 aliphatic heterocycles. The Labute approximate surface area is 120 Å². The highest BCUT2D eigenvalue weighted by Gasteiger charge is 2.26. The molecule has 4 heteroatoms. The zero-order valence-electron chi connectivity index (χ0n) is 12.2. The van der Waals surface area contributed by atoms with Crippen molar-refractivity contribution < 1.29 is 8.78 Å². The summed E-state index contributed by atoms with van der Waals surface area (Å²) in [5.74, 6) is -0.895. The van der Waals surface area contributed by atoms with Crippen molar-refractivity contribution in [2.75, 3.05) is 18.0 Å². The highest BCUT2D eigenvalue weighted by Crippen LogP contribution is 2.32. The van der Waals surface area contributed by atoms with Gasteiger partial charge in [0.15, 0.2) is 0 Å². The van der Waals surface area contributed by atoms with Gasteiger partial charge in [-0.2, -0.15) is 0 Å². The first-order valence-corrected chi connectivity index (χ1v) is 7.62. The van der Waals surface area contributed by atoms with Crippen LogP contribution in [-0.2, 0) is 6.42 Å². The molecule has 0 aliphatic carbocycles. The number of nitrogens with two attached hydrogens (primary N) is 1. The van der Waals surface area contributed by atoms with Gasteiger partial charge >= 0.3 is 0 Å². The maximum atomic E-state index is 14.3. The number of benzene rings is 1. The monoisotopic (exact) mass is 282 g/mol. The molecular formula is C16H24F2N2. The summed E-state index contributed by atoms with van der Waals surface area (Å²) in [5, 5.41) is 0. The standard InChI is InChI=1S/C16H24F2N2/c1-2-5-13-6-3-4-9-20(13)16-14(17)10-12(7-8-19)11-15(16)18/h10-11,13H,2-9,19H2,1H3.